The van der Waals surface area contributed by atoms with E-state index in [1.54, 1.807) is 11.3 Å². The number of piperidine rings is 1. The van der Waals surface area contributed by atoms with Crippen LogP contribution in [-0.4, -0.2) is 24.1 Å². The molecule has 2 heterocycles. The fourth-order valence-electron chi connectivity index (χ4n) is 2.25. The van der Waals surface area contributed by atoms with Crippen molar-refractivity contribution in [3.05, 3.63) is 34.7 Å². The zero-order chi connectivity index (χ0) is 13.2. The predicted molar refractivity (Wildman–Crippen MR) is 89.2 cm³/mol. The Morgan fingerprint density at radius 2 is 1.85 bits per heavy atom. The third-order valence-corrected chi connectivity index (χ3v) is 4.60. The summed E-state index contributed by atoms with van der Waals surface area (Å²) in [6, 6.07) is 8.17. The smallest absolute Gasteiger partial charge is 0.185 e. The third kappa shape index (κ3) is 3.44. The summed E-state index contributed by atoms with van der Waals surface area (Å²) < 4.78 is 0. The predicted octanol–water partition coefficient (Wildman–Crippen LogP) is 3.81. The molecule has 0 saturated carbocycles. The number of nitrogens with two attached hydrogens (primary N) is 1. The number of hydrogen-bond acceptors (Lipinski definition) is 4. The number of thiazole rings is 1. The molecule has 1 saturated heterocycles. The van der Waals surface area contributed by atoms with Gasteiger partial charge in [-0.1, -0.05) is 23.7 Å². The zero-order valence-electron chi connectivity index (χ0n) is 11.0. The summed E-state index contributed by atoms with van der Waals surface area (Å²) in [5, 5.41) is 3.95. The largest absolute Gasteiger partial charge is 0.348 e. The van der Waals surface area contributed by atoms with E-state index in [0.29, 0.717) is 6.04 Å². The molecule has 0 amide bonds. The van der Waals surface area contributed by atoms with Crippen molar-refractivity contribution < 1.29 is 0 Å². The van der Waals surface area contributed by atoms with Crippen molar-refractivity contribution in [3.8, 4) is 11.3 Å². The lowest BCUT2D eigenvalue weighted by Gasteiger charge is -2.29. The number of anilines is 1. The molecule has 6 heteroatoms. The first kappa shape index (κ1) is 15.6. The maximum atomic E-state index is 5.93. The van der Waals surface area contributed by atoms with Crippen LogP contribution in [0.4, 0.5) is 5.13 Å². The van der Waals surface area contributed by atoms with Crippen LogP contribution in [0.5, 0.6) is 0 Å². The minimum absolute atomic E-state index is 0. The van der Waals surface area contributed by atoms with Gasteiger partial charge >= 0.3 is 0 Å². The van der Waals surface area contributed by atoms with E-state index in [0.717, 1.165) is 47.3 Å². The van der Waals surface area contributed by atoms with Gasteiger partial charge < -0.3 is 10.6 Å². The molecule has 0 radical (unpaired) electrons. The van der Waals surface area contributed by atoms with Gasteiger partial charge in [-0.3, -0.25) is 0 Å². The SMILES string of the molecule is Cl.NC1CCN(c2nc(-c3ccc(Cl)cc3)cs2)CC1. The second-order valence-electron chi connectivity index (χ2n) is 4.85. The number of benzene rings is 1. The van der Waals surface area contributed by atoms with Crippen LogP contribution < -0.4 is 10.6 Å². The lowest BCUT2D eigenvalue weighted by Crippen LogP contribution is -2.39. The van der Waals surface area contributed by atoms with Crippen molar-refractivity contribution in [3.63, 3.8) is 0 Å². The summed E-state index contributed by atoms with van der Waals surface area (Å²) in [4.78, 5) is 7.05. The number of nitrogens with zero attached hydrogens (tertiary/aromatic N) is 2. The van der Waals surface area contributed by atoms with Crippen molar-refractivity contribution in [1.29, 1.82) is 0 Å². The molecular weight excluding hydrogens is 313 g/mol. The van der Waals surface area contributed by atoms with Gasteiger partial charge in [-0.2, -0.15) is 0 Å². The van der Waals surface area contributed by atoms with E-state index in [-0.39, 0.29) is 12.4 Å². The maximum Gasteiger partial charge on any atom is 0.185 e. The van der Waals surface area contributed by atoms with E-state index in [1.165, 1.54) is 0 Å². The van der Waals surface area contributed by atoms with Crippen LogP contribution in [-0.2, 0) is 0 Å². The quantitative estimate of drug-likeness (QED) is 0.910. The first-order valence-corrected chi connectivity index (χ1v) is 7.70. The molecule has 1 fully saturated rings. The Morgan fingerprint density at radius 3 is 2.50 bits per heavy atom. The summed E-state index contributed by atoms with van der Waals surface area (Å²) in [5.74, 6) is 0. The van der Waals surface area contributed by atoms with Crippen LogP contribution in [0.25, 0.3) is 11.3 Å². The molecule has 3 rings (SSSR count). The molecule has 0 unspecified atom stereocenters. The molecule has 1 aliphatic rings. The lowest BCUT2D eigenvalue weighted by molar-refractivity contribution is 0.501. The molecular formula is C14H17Cl2N3S. The van der Waals surface area contributed by atoms with Gasteiger partial charge in [0.2, 0.25) is 0 Å². The summed E-state index contributed by atoms with van der Waals surface area (Å²) >= 11 is 7.60. The molecule has 0 aliphatic carbocycles. The molecule has 0 atom stereocenters. The van der Waals surface area contributed by atoms with Gasteiger partial charge in [0.25, 0.3) is 0 Å². The molecule has 108 valence electrons. The highest BCUT2D eigenvalue weighted by atomic mass is 35.5. The lowest BCUT2D eigenvalue weighted by atomic mass is 10.1. The van der Waals surface area contributed by atoms with E-state index in [4.69, 9.17) is 22.3 Å². The van der Waals surface area contributed by atoms with Gasteiger partial charge in [0.05, 0.1) is 5.69 Å². The van der Waals surface area contributed by atoms with Crippen LogP contribution in [0, 0.1) is 0 Å². The summed E-state index contributed by atoms with van der Waals surface area (Å²) in [6.07, 6.45) is 2.10. The number of halogens is 2. The second-order valence-corrected chi connectivity index (χ2v) is 6.12. The minimum Gasteiger partial charge on any atom is -0.348 e. The van der Waals surface area contributed by atoms with Crippen molar-refractivity contribution in [2.24, 2.45) is 5.73 Å². The van der Waals surface area contributed by atoms with Gasteiger partial charge in [-0.15, -0.1) is 23.7 Å². The Morgan fingerprint density at radius 1 is 1.20 bits per heavy atom. The number of hydrogen-bond donors (Lipinski definition) is 1. The Hall–Kier alpha value is -0.810. The number of rotatable bonds is 2. The van der Waals surface area contributed by atoms with Crippen molar-refractivity contribution in [2.45, 2.75) is 18.9 Å². The average molecular weight is 330 g/mol. The van der Waals surface area contributed by atoms with Crippen molar-refractivity contribution in [2.75, 3.05) is 18.0 Å². The highest BCUT2D eigenvalue weighted by molar-refractivity contribution is 7.14. The summed E-state index contributed by atoms with van der Waals surface area (Å²) in [5.41, 5.74) is 8.06. The molecule has 2 aromatic rings. The van der Waals surface area contributed by atoms with Gasteiger partial charge in [-0.25, -0.2) is 4.98 Å². The summed E-state index contributed by atoms with van der Waals surface area (Å²) in [7, 11) is 0. The first-order chi connectivity index (χ1) is 9.22. The van der Waals surface area contributed by atoms with E-state index >= 15 is 0 Å². The Labute approximate surface area is 134 Å². The topological polar surface area (TPSA) is 42.1 Å². The highest BCUT2D eigenvalue weighted by Crippen LogP contribution is 2.29. The molecule has 2 N–H and O–H groups in total. The third-order valence-electron chi connectivity index (χ3n) is 3.44. The molecule has 0 spiro atoms. The van der Waals surface area contributed by atoms with Crippen molar-refractivity contribution >= 4 is 40.5 Å². The number of aromatic nitrogens is 1. The monoisotopic (exact) mass is 329 g/mol. The molecule has 1 aliphatic heterocycles. The standard InChI is InChI=1S/C14H16ClN3S.ClH/c15-11-3-1-10(2-4-11)13-9-19-14(17-13)18-7-5-12(16)6-8-18;/h1-4,9,12H,5-8,16H2;1H. The molecule has 3 nitrogen and oxygen atoms in total. The maximum absolute atomic E-state index is 5.93. The minimum atomic E-state index is 0. The Bertz CT molecular complexity index is 548. The van der Waals surface area contributed by atoms with Crippen molar-refractivity contribution in [1.82, 2.24) is 4.98 Å². The highest BCUT2D eigenvalue weighted by Gasteiger charge is 2.18. The molecule has 1 aromatic carbocycles. The van der Waals surface area contributed by atoms with Crippen LogP contribution in [0.15, 0.2) is 29.6 Å². The van der Waals surface area contributed by atoms with Gasteiger partial charge in [0, 0.05) is 35.1 Å². The average Bonchev–Trinajstić information content (AvgIpc) is 2.90. The zero-order valence-corrected chi connectivity index (χ0v) is 13.3. The fraction of sp³-hybridized carbons (Fsp3) is 0.357. The van der Waals surface area contributed by atoms with Crippen LogP contribution in [0.1, 0.15) is 12.8 Å². The van der Waals surface area contributed by atoms with Crippen LogP contribution in [0.2, 0.25) is 5.02 Å². The van der Waals surface area contributed by atoms with Crippen LogP contribution >= 0.6 is 35.3 Å². The van der Waals surface area contributed by atoms with Crippen LogP contribution in [0.3, 0.4) is 0 Å². The van der Waals surface area contributed by atoms with Gasteiger partial charge in [0.15, 0.2) is 5.13 Å². The first-order valence-electron chi connectivity index (χ1n) is 6.44. The Balaban J connectivity index is 0.00000147. The fourth-order valence-corrected chi connectivity index (χ4v) is 3.27. The van der Waals surface area contributed by atoms with E-state index in [2.05, 4.69) is 10.3 Å². The molecule has 0 bridgehead atoms. The van der Waals surface area contributed by atoms with E-state index in [9.17, 15) is 0 Å². The van der Waals surface area contributed by atoms with Gasteiger partial charge in [-0.05, 0) is 25.0 Å². The summed E-state index contributed by atoms with van der Waals surface area (Å²) in [6.45, 7) is 2.02. The van der Waals surface area contributed by atoms with Gasteiger partial charge in [0.1, 0.15) is 0 Å². The molecule has 20 heavy (non-hydrogen) atoms. The second kappa shape index (κ2) is 6.76. The van der Waals surface area contributed by atoms with E-state index in [1.807, 2.05) is 24.3 Å². The Kier molecular flexibility index (Phi) is 5.27. The molecule has 1 aromatic heterocycles. The normalized spacial score (nSPS) is 16.0. The van der Waals surface area contributed by atoms with E-state index < -0.39 is 0 Å².